The minimum absolute atomic E-state index is 0.752. The molecule has 0 aliphatic rings. The standard InChI is InChI=1S/C13H11NS.2C2H6/c15-13(11-7-3-1-4-8-11)14-12-9-5-2-6-10-12;2*1-2/h1-10H,(H,14,15);2*1-2H3. The van der Waals surface area contributed by atoms with Gasteiger partial charge in [0.15, 0.2) is 0 Å². The van der Waals surface area contributed by atoms with Gasteiger partial charge in [0, 0.05) is 11.3 Å². The lowest BCUT2D eigenvalue weighted by molar-refractivity contribution is 1.50. The van der Waals surface area contributed by atoms with Crippen molar-refractivity contribution in [1.29, 1.82) is 0 Å². The van der Waals surface area contributed by atoms with E-state index in [1.807, 2.05) is 88.4 Å². The van der Waals surface area contributed by atoms with E-state index in [4.69, 9.17) is 12.2 Å². The van der Waals surface area contributed by atoms with Gasteiger partial charge in [0.25, 0.3) is 0 Å². The van der Waals surface area contributed by atoms with Crippen molar-refractivity contribution in [3.05, 3.63) is 66.2 Å². The Morgan fingerprint density at radius 2 is 1.16 bits per heavy atom. The van der Waals surface area contributed by atoms with Crippen LogP contribution in [-0.4, -0.2) is 4.99 Å². The van der Waals surface area contributed by atoms with E-state index in [1.165, 1.54) is 0 Å². The van der Waals surface area contributed by atoms with Gasteiger partial charge in [-0.1, -0.05) is 88.4 Å². The first-order valence-corrected chi connectivity index (χ1v) is 7.18. The number of thiocarbonyl (C=S) groups is 1. The second-order valence-electron chi connectivity index (χ2n) is 3.19. The molecule has 2 rings (SSSR count). The van der Waals surface area contributed by atoms with Crippen molar-refractivity contribution in [3.8, 4) is 0 Å². The van der Waals surface area contributed by atoms with Gasteiger partial charge >= 0.3 is 0 Å². The Kier molecular flexibility index (Phi) is 10.4. The van der Waals surface area contributed by atoms with Crippen LogP contribution in [0.2, 0.25) is 0 Å². The van der Waals surface area contributed by atoms with Crippen molar-refractivity contribution in [2.45, 2.75) is 27.7 Å². The van der Waals surface area contributed by atoms with Gasteiger partial charge < -0.3 is 5.32 Å². The molecule has 1 N–H and O–H groups in total. The third-order valence-corrected chi connectivity index (χ3v) is 2.41. The van der Waals surface area contributed by atoms with Crippen molar-refractivity contribution in [1.82, 2.24) is 0 Å². The van der Waals surface area contributed by atoms with E-state index in [2.05, 4.69) is 5.32 Å². The van der Waals surface area contributed by atoms with Crippen LogP contribution in [0.4, 0.5) is 5.69 Å². The van der Waals surface area contributed by atoms with Crippen LogP contribution >= 0.6 is 12.2 Å². The maximum Gasteiger partial charge on any atom is 0.110 e. The summed E-state index contributed by atoms with van der Waals surface area (Å²) in [5.41, 5.74) is 2.06. The molecule has 0 aromatic heterocycles. The SMILES string of the molecule is CC.CC.S=C(Nc1ccccc1)c1ccccc1. The Labute approximate surface area is 122 Å². The summed E-state index contributed by atoms with van der Waals surface area (Å²) in [4.78, 5) is 0.752. The molecule has 2 aromatic rings. The monoisotopic (exact) mass is 273 g/mol. The Morgan fingerprint density at radius 3 is 1.63 bits per heavy atom. The summed E-state index contributed by atoms with van der Waals surface area (Å²) >= 11 is 5.29. The lowest BCUT2D eigenvalue weighted by Gasteiger charge is -2.07. The highest BCUT2D eigenvalue weighted by Gasteiger charge is 1.99. The normalized spacial score (nSPS) is 8.21. The summed E-state index contributed by atoms with van der Waals surface area (Å²) < 4.78 is 0. The third kappa shape index (κ3) is 6.73. The molecular weight excluding hydrogens is 250 g/mol. The molecular formula is C17H23NS. The molecule has 0 bridgehead atoms. The fourth-order valence-corrected chi connectivity index (χ4v) is 1.57. The number of anilines is 1. The van der Waals surface area contributed by atoms with Gasteiger partial charge in [-0.05, 0) is 12.1 Å². The Hall–Kier alpha value is -1.67. The van der Waals surface area contributed by atoms with Gasteiger partial charge in [0.05, 0.1) is 0 Å². The molecule has 1 nitrogen and oxygen atoms in total. The van der Waals surface area contributed by atoms with Crippen molar-refractivity contribution in [2.75, 3.05) is 5.32 Å². The first-order chi connectivity index (χ1) is 9.36. The molecule has 0 radical (unpaired) electrons. The van der Waals surface area contributed by atoms with Crippen LogP contribution in [0.3, 0.4) is 0 Å². The summed E-state index contributed by atoms with van der Waals surface area (Å²) in [6.07, 6.45) is 0. The van der Waals surface area contributed by atoms with E-state index in [9.17, 15) is 0 Å². The first-order valence-electron chi connectivity index (χ1n) is 6.78. The van der Waals surface area contributed by atoms with Gasteiger partial charge in [-0.15, -0.1) is 0 Å². The molecule has 0 saturated carbocycles. The number of hydrogen-bond acceptors (Lipinski definition) is 1. The topological polar surface area (TPSA) is 12.0 Å². The largest absolute Gasteiger partial charge is 0.346 e. The van der Waals surface area contributed by atoms with Crippen LogP contribution in [0.5, 0.6) is 0 Å². The highest BCUT2D eigenvalue weighted by Crippen LogP contribution is 2.08. The number of hydrogen-bond donors (Lipinski definition) is 1. The summed E-state index contributed by atoms with van der Waals surface area (Å²) in [7, 11) is 0. The number of nitrogens with one attached hydrogen (secondary N) is 1. The molecule has 0 spiro atoms. The average Bonchev–Trinajstić information content (AvgIpc) is 2.53. The van der Waals surface area contributed by atoms with Crippen LogP contribution in [0.15, 0.2) is 60.7 Å². The summed E-state index contributed by atoms with van der Waals surface area (Å²) in [5.74, 6) is 0. The van der Waals surface area contributed by atoms with E-state index in [1.54, 1.807) is 0 Å². The molecule has 0 aliphatic heterocycles. The van der Waals surface area contributed by atoms with E-state index < -0.39 is 0 Å². The molecule has 102 valence electrons. The van der Waals surface area contributed by atoms with Crippen LogP contribution in [-0.2, 0) is 0 Å². The molecule has 0 unspecified atom stereocenters. The van der Waals surface area contributed by atoms with Gasteiger partial charge in [-0.25, -0.2) is 0 Å². The first kappa shape index (κ1) is 17.3. The summed E-state index contributed by atoms with van der Waals surface area (Å²) in [6, 6.07) is 19.9. The molecule has 0 heterocycles. The molecule has 0 saturated heterocycles. The maximum atomic E-state index is 5.29. The molecule has 19 heavy (non-hydrogen) atoms. The van der Waals surface area contributed by atoms with Crippen molar-refractivity contribution in [3.63, 3.8) is 0 Å². The fraction of sp³-hybridized carbons (Fsp3) is 0.235. The average molecular weight is 273 g/mol. The third-order valence-electron chi connectivity index (χ3n) is 2.07. The lowest BCUT2D eigenvalue weighted by atomic mass is 10.2. The predicted molar refractivity (Wildman–Crippen MR) is 90.9 cm³/mol. The van der Waals surface area contributed by atoms with E-state index in [-0.39, 0.29) is 0 Å². The number of rotatable bonds is 2. The van der Waals surface area contributed by atoms with E-state index >= 15 is 0 Å². The lowest BCUT2D eigenvalue weighted by Crippen LogP contribution is -2.09. The fourth-order valence-electron chi connectivity index (χ4n) is 1.31. The maximum absolute atomic E-state index is 5.29. The van der Waals surface area contributed by atoms with E-state index in [0.717, 1.165) is 16.2 Å². The smallest absolute Gasteiger partial charge is 0.110 e. The minimum Gasteiger partial charge on any atom is -0.346 e. The highest BCUT2D eigenvalue weighted by molar-refractivity contribution is 7.81. The van der Waals surface area contributed by atoms with E-state index in [0.29, 0.717) is 0 Å². The van der Waals surface area contributed by atoms with Gasteiger partial charge in [0.1, 0.15) is 4.99 Å². The van der Waals surface area contributed by atoms with Crippen LogP contribution in [0.25, 0.3) is 0 Å². The Bertz CT molecular complexity index is 437. The van der Waals surface area contributed by atoms with Crippen LogP contribution in [0.1, 0.15) is 33.3 Å². The van der Waals surface area contributed by atoms with Crippen LogP contribution < -0.4 is 5.32 Å². The van der Waals surface area contributed by atoms with Crippen LogP contribution in [0, 0.1) is 0 Å². The number of para-hydroxylation sites is 1. The number of benzene rings is 2. The molecule has 0 amide bonds. The second kappa shape index (κ2) is 11.4. The van der Waals surface area contributed by atoms with Crippen molar-refractivity contribution in [2.24, 2.45) is 0 Å². The Balaban J connectivity index is 0.000000741. The predicted octanol–water partition coefficient (Wildman–Crippen LogP) is 5.53. The Morgan fingerprint density at radius 1 is 0.737 bits per heavy atom. The molecule has 2 aromatic carbocycles. The van der Waals surface area contributed by atoms with Gasteiger partial charge in [-0.3, -0.25) is 0 Å². The summed E-state index contributed by atoms with van der Waals surface area (Å²) in [5, 5.41) is 3.19. The molecule has 0 aliphatic carbocycles. The molecule has 2 heteroatoms. The van der Waals surface area contributed by atoms with Crippen molar-refractivity contribution >= 4 is 22.9 Å². The molecule has 0 fully saturated rings. The molecule has 0 atom stereocenters. The highest BCUT2D eigenvalue weighted by atomic mass is 32.1. The van der Waals surface area contributed by atoms with Gasteiger partial charge in [0.2, 0.25) is 0 Å². The van der Waals surface area contributed by atoms with Crippen molar-refractivity contribution < 1.29 is 0 Å². The van der Waals surface area contributed by atoms with Gasteiger partial charge in [-0.2, -0.15) is 0 Å². The zero-order chi connectivity index (χ0) is 14.5. The summed E-state index contributed by atoms with van der Waals surface area (Å²) in [6.45, 7) is 8.00. The quantitative estimate of drug-likeness (QED) is 0.722. The second-order valence-corrected chi connectivity index (χ2v) is 3.59. The zero-order valence-corrected chi connectivity index (χ0v) is 13.0. The minimum atomic E-state index is 0.752. The zero-order valence-electron chi connectivity index (χ0n) is 12.2.